The highest BCUT2D eigenvalue weighted by molar-refractivity contribution is 5.85. The van der Waals surface area contributed by atoms with Gasteiger partial charge in [0, 0.05) is 11.6 Å². The molecule has 2 aromatic rings. The molecular weight excluding hydrogens is 194 g/mol. The van der Waals surface area contributed by atoms with E-state index in [0.29, 0.717) is 0 Å². The van der Waals surface area contributed by atoms with Crippen LogP contribution in [-0.4, -0.2) is 4.98 Å². The lowest BCUT2D eigenvalue weighted by Crippen LogP contribution is -2.16. The number of fused-ring (bicyclic) bond motifs is 1. The van der Waals surface area contributed by atoms with Crippen LogP contribution in [0, 0.1) is 6.92 Å². The molecule has 0 amide bonds. The van der Waals surface area contributed by atoms with Crippen molar-refractivity contribution in [2.75, 3.05) is 0 Å². The van der Waals surface area contributed by atoms with Crippen molar-refractivity contribution < 1.29 is 0 Å². The van der Waals surface area contributed by atoms with Crippen LogP contribution in [0.4, 0.5) is 0 Å². The average molecular weight is 213 g/mol. The lowest BCUT2D eigenvalue weighted by atomic mass is 9.80. The van der Waals surface area contributed by atoms with Gasteiger partial charge in [-0.1, -0.05) is 39.0 Å². The van der Waals surface area contributed by atoms with Gasteiger partial charge < -0.3 is 0 Å². The van der Waals surface area contributed by atoms with E-state index in [1.54, 1.807) is 0 Å². The van der Waals surface area contributed by atoms with E-state index in [2.05, 4.69) is 50.9 Å². The zero-order valence-corrected chi connectivity index (χ0v) is 10.5. The first kappa shape index (κ1) is 11.1. The molecule has 1 aromatic carbocycles. The fraction of sp³-hybridized carbons (Fsp3) is 0.400. The molecule has 0 radical (unpaired) electrons. The van der Waals surface area contributed by atoms with E-state index in [-0.39, 0.29) is 5.41 Å². The van der Waals surface area contributed by atoms with Crippen molar-refractivity contribution in [3.05, 3.63) is 41.6 Å². The van der Waals surface area contributed by atoms with Gasteiger partial charge in [0.05, 0.1) is 5.52 Å². The molecule has 2 rings (SSSR count). The van der Waals surface area contributed by atoms with Gasteiger partial charge in [-0.05, 0) is 36.0 Å². The zero-order chi connectivity index (χ0) is 11.8. The van der Waals surface area contributed by atoms with Gasteiger partial charge in [-0.3, -0.25) is 4.98 Å². The highest BCUT2D eigenvalue weighted by Gasteiger charge is 2.20. The molecule has 0 aliphatic heterocycles. The summed E-state index contributed by atoms with van der Waals surface area (Å²) in [4.78, 5) is 4.49. The lowest BCUT2D eigenvalue weighted by Gasteiger charge is -2.25. The Balaban J connectivity index is 2.77. The van der Waals surface area contributed by atoms with Gasteiger partial charge in [0.25, 0.3) is 0 Å². The predicted molar refractivity (Wildman–Crippen MR) is 69.8 cm³/mol. The Kier molecular flexibility index (Phi) is 2.71. The van der Waals surface area contributed by atoms with Crippen molar-refractivity contribution in [2.24, 2.45) is 0 Å². The minimum atomic E-state index is 0.217. The van der Waals surface area contributed by atoms with Gasteiger partial charge in [0.15, 0.2) is 0 Å². The quantitative estimate of drug-likeness (QED) is 0.727. The third-order valence-electron chi connectivity index (χ3n) is 3.58. The molecular formula is C15H19N. The molecule has 0 saturated heterocycles. The molecule has 1 heterocycles. The van der Waals surface area contributed by atoms with Gasteiger partial charge in [0.2, 0.25) is 0 Å². The number of pyridine rings is 1. The van der Waals surface area contributed by atoms with E-state index >= 15 is 0 Å². The van der Waals surface area contributed by atoms with Crippen LogP contribution in [-0.2, 0) is 5.41 Å². The van der Waals surface area contributed by atoms with Crippen LogP contribution in [0.1, 0.15) is 38.3 Å². The average Bonchev–Trinajstić information content (AvgIpc) is 2.29. The summed E-state index contributed by atoms with van der Waals surface area (Å²) in [5, 5.41) is 1.30. The molecule has 1 aromatic heterocycles. The molecule has 0 saturated carbocycles. The monoisotopic (exact) mass is 213 g/mol. The Morgan fingerprint density at radius 1 is 1.19 bits per heavy atom. The molecule has 0 fully saturated rings. The first-order chi connectivity index (χ1) is 7.56. The molecule has 0 spiro atoms. The first-order valence-corrected chi connectivity index (χ1v) is 5.91. The number of aryl methyl sites for hydroxylation is 1. The molecule has 0 unspecified atom stereocenters. The Hall–Kier alpha value is -1.37. The minimum absolute atomic E-state index is 0.217. The van der Waals surface area contributed by atoms with Crippen LogP contribution in [0.3, 0.4) is 0 Å². The third kappa shape index (κ3) is 1.71. The molecule has 0 bridgehead atoms. The van der Waals surface area contributed by atoms with E-state index in [0.717, 1.165) is 11.9 Å². The van der Waals surface area contributed by atoms with Crippen molar-refractivity contribution in [3.63, 3.8) is 0 Å². The number of benzene rings is 1. The van der Waals surface area contributed by atoms with Crippen molar-refractivity contribution >= 4 is 10.9 Å². The van der Waals surface area contributed by atoms with Crippen LogP contribution in [0.5, 0.6) is 0 Å². The van der Waals surface area contributed by atoms with Crippen molar-refractivity contribution in [1.82, 2.24) is 4.98 Å². The summed E-state index contributed by atoms with van der Waals surface area (Å²) < 4.78 is 0. The molecule has 1 nitrogen and oxygen atoms in total. The van der Waals surface area contributed by atoms with Gasteiger partial charge in [-0.2, -0.15) is 0 Å². The van der Waals surface area contributed by atoms with Crippen LogP contribution in [0.25, 0.3) is 10.9 Å². The second-order valence-electron chi connectivity index (χ2n) is 5.07. The van der Waals surface area contributed by atoms with Gasteiger partial charge in [0.1, 0.15) is 0 Å². The molecule has 0 atom stereocenters. The van der Waals surface area contributed by atoms with Gasteiger partial charge >= 0.3 is 0 Å². The number of aromatic nitrogens is 1. The van der Waals surface area contributed by atoms with Crippen LogP contribution in [0.2, 0.25) is 0 Å². The standard InChI is InChI=1S/C15H19N/c1-5-15(3,4)13-9-8-11(2)14-12(13)7-6-10-16-14/h6-10H,5H2,1-4H3. The molecule has 16 heavy (non-hydrogen) atoms. The van der Waals surface area contributed by atoms with Gasteiger partial charge in [-0.15, -0.1) is 0 Å². The summed E-state index contributed by atoms with van der Waals surface area (Å²) >= 11 is 0. The second kappa shape index (κ2) is 3.89. The summed E-state index contributed by atoms with van der Waals surface area (Å²) in [5.41, 5.74) is 4.02. The SMILES string of the molecule is CCC(C)(C)c1ccc(C)c2ncccc12. The van der Waals surface area contributed by atoms with Crippen molar-refractivity contribution in [2.45, 2.75) is 39.5 Å². The normalized spacial score (nSPS) is 12.0. The Morgan fingerprint density at radius 3 is 2.62 bits per heavy atom. The fourth-order valence-electron chi connectivity index (χ4n) is 2.09. The largest absolute Gasteiger partial charge is 0.256 e. The van der Waals surface area contributed by atoms with Gasteiger partial charge in [-0.25, -0.2) is 0 Å². The van der Waals surface area contributed by atoms with Crippen LogP contribution in [0.15, 0.2) is 30.5 Å². The van der Waals surface area contributed by atoms with E-state index in [1.807, 2.05) is 12.3 Å². The van der Waals surface area contributed by atoms with Crippen molar-refractivity contribution in [3.8, 4) is 0 Å². The maximum absolute atomic E-state index is 4.49. The number of hydrogen-bond acceptors (Lipinski definition) is 1. The van der Waals surface area contributed by atoms with E-state index < -0.39 is 0 Å². The van der Waals surface area contributed by atoms with E-state index in [4.69, 9.17) is 0 Å². The minimum Gasteiger partial charge on any atom is -0.256 e. The van der Waals surface area contributed by atoms with Crippen LogP contribution >= 0.6 is 0 Å². The smallest absolute Gasteiger partial charge is 0.0734 e. The second-order valence-corrected chi connectivity index (χ2v) is 5.07. The van der Waals surface area contributed by atoms with E-state index in [1.165, 1.54) is 16.5 Å². The Morgan fingerprint density at radius 2 is 1.94 bits per heavy atom. The molecule has 0 aliphatic carbocycles. The number of nitrogens with zero attached hydrogens (tertiary/aromatic N) is 1. The molecule has 0 N–H and O–H groups in total. The third-order valence-corrected chi connectivity index (χ3v) is 3.58. The number of hydrogen-bond donors (Lipinski definition) is 0. The first-order valence-electron chi connectivity index (χ1n) is 5.91. The summed E-state index contributed by atoms with van der Waals surface area (Å²) in [6, 6.07) is 8.64. The highest BCUT2D eigenvalue weighted by Crippen LogP contribution is 2.33. The van der Waals surface area contributed by atoms with E-state index in [9.17, 15) is 0 Å². The zero-order valence-electron chi connectivity index (χ0n) is 10.5. The molecule has 1 heteroatoms. The number of rotatable bonds is 2. The summed E-state index contributed by atoms with van der Waals surface area (Å²) in [7, 11) is 0. The maximum Gasteiger partial charge on any atom is 0.0734 e. The molecule has 0 aliphatic rings. The molecule has 84 valence electrons. The predicted octanol–water partition coefficient (Wildman–Crippen LogP) is 4.23. The van der Waals surface area contributed by atoms with Crippen LogP contribution < -0.4 is 0 Å². The Bertz CT molecular complexity index is 512. The topological polar surface area (TPSA) is 12.9 Å². The summed E-state index contributed by atoms with van der Waals surface area (Å²) in [5.74, 6) is 0. The lowest BCUT2D eigenvalue weighted by molar-refractivity contribution is 0.510. The highest BCUT2D eigenvalue weighted by atomic mass is 14.6. The summed E-state index contributed by atoms with van der Waals surface area (Å²) in [6.45, 7) is 8.95. The fourth-order valence-corrected chi connectivity index (χ4v) is 2.09. The maximum atomic E-state index is 4.49. The Labute approximate surface area is 97.5 Å². The van der Waals surface area contributed by atoms with Crippen molar-refractivity contribution in [1.29, 1.82) is 0 Å². The summed E-state index contributed by atoms with van der Waals surface area (Å²) in [6.07, 6.45) is 3.01.